The smallest absolute Gasteiger partial charge is 0.0295 e. The van der Waals surface area contributed by atoms with Crippen molar-refractivity contribution in [1.29, 1.82) is 0 Å². The summed E-state index contributed by atoms with van der Waals surface area (Å²) in [5, 5.41) is 0. The van der Waals surface area contributed by atoms with Crippen LogP contribution in [0.5, 0.6) is 0 Å². The fraction of sp³-hybridized carbons (Fsp3) is 1.00. The van der Waals surface area contributed by atoms with Crippen molar-refractivity contribution >= 4 is 0 Å². The Labute approximate surface area is 127 Å². The maximum Gasteiger partial charge on any atom is -0.0295 e. The molecular weight excluding hydrogens is 240 g/mol. The highest BCUT2D eigenvalue weighted by Gasteiger charge is 2.52. The van der Waals surface area contributed by atoms with E-state index in [4.69, 9.17) is 0 Å². The number of fused-ring (bicyclic) bond motifs is 5. The summed E-state index contributed by atoms with van der Waals surface area (Å²) in [5.74, 6) is 5.72. The highest BCUT2D eigenvalue weighted by Crippen LogP contribution is 2.62. The molecule has 20 heavy (non-hydrogen) atoms. The molecule has 0 aromatic carbocycles. The van der Waals surface area contributed by atoms with Crippen LogP contribution in [0.3, 0.4) is 0 Å². The van der Waals surface area contributed by atoms with Gasteiger partial charge < -0.3 is 0 Å². The van der Waals surface area contributed by atoms with Crippen LogP contribution in [0.4, 0.5) is 0 Å². The van der Waals surface area contributed by atoms with E-state index in [1.807, 2.05) is 13.8 Å². The minimum absolute atomic E-state index is 0.767. The molecule has 0 N–H and O–H groups in total. The van der Waals surface area contributed by atoms with Crippen LogP contribution in [-0.2, 0) is 0 Å². The van der Waals surface area contributed by atoms with E-state index in [2.05, 4.69) is 6.92 Å². The number of hydrogen-bond donors (Lipinski definition) is 0. The van der Waals surface area contributed by atoms with Crippen LogP contribution >= 0.6 is 0 Å². The van der Waals surface area contributed by atoms with E-state index >= 15 is 0 Å². The fourth-order valence-corrected chi connectivity index (χ4v) is 6.82. The summed E-state index contributed by atoms with van der Waals surface area (Å²) < 4.78 is 0. The van der Waals surface area contributed by atoms with Crippen molar-refractivity contribution in [2.24, 2.45) is 35.0 Å². The first-order chi connectivity index (χ1) is 9.78. The van der Waals surface area contributed by atoms with Crippen molar-refractivity contribution in [1.82, 2.24) is 0 Å². The van der Waals surface area contributed by atoms with Crippen LogP contribution in [0.25, 0.3) is 0 Å². The van der Waals surface area contributed by atoms with Gasteiger partial charge in [0.2, 0.25) is 0 Å². The Morgan fingerprint density at radius 1 is 0.650 bits per heavy atom. The van der Waals surface area contributed by atoms with Gasteiger partial charge in [-0.1, -0.05) is 46.5 Å². The van der Waals surface area contributed by atoms with E-state index < -0.39 is 0 Å². The van der Waals surface area contributed by atoms with Crippen molar-refractivity contribution in [3.63, 3.8) is 0 Å². The van der Waals surface area contributed by atoms with Gasteiger partial charge in [-0.15, -0.1) is 0 Å². The monoisotopic (exact) mass is 276 g/mol. The standard InChI is InChI=1S/C18H30.C2H6/c1-18-11-4-7-17(18)16-9-8-13-5-2-3-6-14(13)15(16)10-12-18;1-2/h13-17H,2-12H2,1H3;1-2H3. The molecule has 0 aliphatic heterocycles. The Hall–Kier alpha value is 0. The summed E-state index contributed by atoms with van der Waals surface area (Å²) in [7, 11) is 0. The summed E-state index contributed by atoms with van der Waals surface area (Å²) in [5.41, 5.74) is 0.767. The lowest BCUT2D eigenvalue weighted by molar-refractivity contribution is -0.0492. The molecule has 0 aromatic rings. The third-order valence-corrected chi connectivity index (χ3v) is 7.66. The molecule has 0 nitrogen and oxygen atoms in total. The Kier molecular flexibility index (Phi) is 4.48. The van der Waals surface area contributed by atoms with E-state index in [-0.39, 0.29) is 0 Å². The second kappa shape index (κ2) is 6.01. The van der Waals surface area contributed by atoms with E-state index in [1.165, 1.54) is 0 Å². The van der Waals surface area contributed by atoms with E-state index in [0.717, 1.165) is 35.0 Å². The lowest BCUT2D eigenvalue weighted by Crippen LogP contribution is -2.46. The largest absolute Gasteiger partial charge is 0.0683 e. The molecule has 4 fully saturated rings. The van der Waals surface area contributed by atoms with Crippen molar-refractivity contribution in [2.45, 2.75) is 91.4 Å². The zero-order chi connectivity index (χ0) is 14.2. The van der Waals surface area contributed by atoms with Gasteiger partial charge in [-0.25, -0.2) is 0 Å². The summed E-state index contributed by atoms with van der Waals surface area (Å²) in [4.78, 5) is 0. The minimum atomic E-state index is 0.767. The lowest BCUT2D eigenvalue weighted by atomic mass is 9.51. The molecule has 4 aliphatic rings. The van der Waals surface area contributed by atoms with Gasteiger partial charge in [-0.3, -0.25) is 0 Å². The molecule has 0 amide bonds. The zero-order valence-corrected chi connectivity index (χ0v) is 14.2. The highest BCUT2D eigenvalue weighted by molar-refractivity contribution is 5.02. The summed E-state index contributed by atoms with van der Waals surface area (Å²) in [6.07, 6.45) is 17.3. The molecule has 116 valence electrons. The zero-order valence-electron chi connectivity index (χ0n) is 14.2. The lowest BCUT2D eigenvalue weighted by Gasteiger charge is -2.54. The van der Waals surface area contributed by atoms with Crippen molar-refractivity contribution in [2.75, 3.05) is 0 Å². The summed E-state index contributed by atoms with van der Waals surface area (Å²) >= 11 is 0. The molecule has 0 bridgehead atoms. The normalized spacial score (nSPS) is 50.2. The maximum atomic E-state index is 2.63. The average Bonchev–Trinajstić information content (AvgIpc) is 2.91. The quantitative estimate of drug-likeness (QED) is 0.477. The van der Waals surface area contributed by atoms with Crippen LogP contribution in [0, 0.1) is 35.0 Å². The van der Waals surface area contributed by atoms with Gasteiger partial charge in [0.15, 0.2) is 0 Å². The Balaban J connectivity index is 0.000000581. The highest BCUT2D eigenvalue weighted by atomic mass is 14.6. The first kappa shape index (κ1) is 14.9. The Morgan fingerprint density at radius 2 is 1.45 bits per heavy atom. The molecule has 4 saturated carbocycles. The first-order valence-electron chi connectivity index (χ1n) is 9.78. The number of hydrogen-bond acceptors (Lipinski definition) is 0. The molecule has 4 aliphatic carbocycles. The van der Waals surface area contributed by atoms with Crippen LogP contribution in [0.15, 0.2) is 0 Å². The molecule has 0 heteroatoms. The first-order valence-corrected chi connectivity index (χ1v) is 9.78. The predicted molar refractivity (Wildman–Crippen MR) is 87.7 cm³/mol. The van der Waals surface area contributed by atoms with Gasteiger partial charge >= 0.3 is 0 Å². The summed E-state index contributed by atoms with van der Waals surface area (Å²) in [6.45, 7) is 6.63. The van der Waals surface area contributed by atoms with Gasteiger partial charge in [-0.2, -0.15) is 0 Å². The van der Waals surface area contributed by atoms with Gasteiger partial charge in [0.25, 0.3) is 0 Å². The predicted octanol–water partition coefficient (Wildman–Crippen LogP) is 6.45. The third-order valence-electron chi connectivity index (χ3n) is 7.66. The van der Waals surface area contributed by atoms with E-state index in [9.17, 15) is 0 Å². The SMILES string of the molecule is CC.CC12CCCC1C1CCC3CCCCC3C1CC2. The second-order valence-corrected chi connectivity index (χ2v) is 8.30. The molecule has 0 saturated heterocycles. The summed E-state index contributed by atoms with van der Waals surface area (Å²) in [6, 6.07) is 0. The molecule has 6 unspecified atom stereocenters. The number of rotatable bonds is 0. The Bertz CT molecular complexity index is 320. The molecule has 4 rings (SSSR count). The molecule has 0 aromatic heterocycles. The minimum Gasteiger partial charge on any atom is -0.0683 e. The average molecular weight is 277 g/mol. The third kappa shape index (κ3) is 2.35. The molecule has 0 radical (unpaired) electrons. The van der Waals surface area contributed by atoms with Crippen molar-refractivity contribution < 1.29 is 0 Å². The van der Waals surface area contributed by atoms with Crippen LogP contribution in [0.2, 0.25) is 0 Å². The van der Waals surface area contributed by atoms with Gasteiger partial charge in [0.05, 0.1) is 0 Å². The fourth-order valence-electron chi connectivity index (χ4n) is 6.82. The van der Waals surface area contributed by atoms with Gasteiger partial charge in [0, 0.05) is 0 Å². The van der Waals surface area contributed by atoms with Crippen molar-refractivity contribution in [3.8, 4) is 0 Å². The molecular formula is C20H36. The van der Waals surface area contributed by atoms with Crippen molar-refractivity contribution in [3.05, 3.63) is 0 Å². The Morgan fingerprint density at radius 3 is 2.30 bits per heavy atom. The second-order valence-electron chi connectivity index (χ2n) is 8.30. The maximum absolute atomic E-state index is 2.63. The molecule has 6 atom stereocenters. The van der Waals surface area contributed by atoms with Gasteiger partial charge in [-0.05, 0) is 80.0 Å². The van der Waals surface area contributed by atoms with Gasteiger partial charge in [0.1, 0.15) is 0 Å². The van der Waals surface area contributed by atoms with Crippen LogP contribution in [0.1, 0.15) is 91.4 Å². The van der Waals surface area contributed by atoms with Crippen LogP contribution < -0.4 is 0 Å². The van der Waals surface area contributed by atoms with E-state index in [0.29, 0.717) is 0 Å². The molecule has 0 heterocycles. The topological polar surface area (TPSA) is 0 Å². The van der Waals surface area contributed by atoms with E-state index in [1.54, 1.807) is 70.6 Å². The van der Waals surface area contributed by atoms with Crippen LogP contribution in [-0.4, -0.2) is 0 Å². The molecule has 0 spiro atoms.